The number of ether oxygens (including phenoxy) is 1. The first-order valence-electron chi connectivity index (χ1n) is 10.3. The quantitative estimate of drug-likeness (QED) is 0.480. The van der Waals surface area contributed by atoms with Crippen LogP contribution in [0.15, 0.2) is 47.4 Å². The Kier molecular flexibility index (Phi) is 6.36. The van der Waals surface area contributed by atoms with Crippen molar-refractivity contribution in [3.63, 3.8) is 0 Å². The van der Waals surface area contributed by atoms with Crippen LogP contribution in [0.5, 0.6) is 5.75 Å². The van der Waals surface area contributed by atoms with Crippen molar-refractivity contribution in [3.05, 3.63) is 53.0 Å². The Morgan fingerprint density at radius 3 is 2.54 bits per heavy atom. The van der Waals surface area contributed by atoms with Crippen molar-refractivity contribution < 1.29 is 41.0 Å². The molecule has 2 aromatic carbocycles. The molecule has 1 atom stereocenters. The summed E-state index contributed by atoms with van der Waals surface area (Å²) in [6.45, 7) is 0.925. The van der Waals surface area contributed by atoms with Gasteiger partial charge in [-0.3, -0.25) is 4.79 Å². The summed E-state index contributed by atoms with van der Waals surface area (Å²) in [4.78, 5) is 28.0. The second-order valence-corrected chi connectivity index (χ2v) is 11.0. The number of carboxylic acid groups (broad SMARTS) is 1. The molecule has 35 heavy (non-hydrogen) atoms. The number of alkyl halides is 3. The van der Waals surface area contributed by atoms with E-state index in [0.29, 0.717) is 14.0 Å². The fraction of sp³-hybridized carbons (Fsp3) is 0.318. The smallest absolute Gasteiger partial charge is 0.416 e. The number of sulfonamides is 1. The average molecular weight is 529 g/mol. The van der Waals surface area contributed by atoms with E-state index in [9.17, 15) is 36.3 Å². The van der Waals surface area contributed by atoms with Crippen molar-refractivity contribution in [1.82, 2.24) is 9.29 Å². The van der Waals surface area contributed by atoms with Crippen LogP contribution in [0.25, 0.3) is 10.2 Å². The molecule has 0 saturated carbocycles. The maximum Gasteiger partial charge on any atom is 0.416 e. The SMILES string of the molecule is C[C@]1(C(=O)O)C(=O)CCCN1S(=O)(=O)c1ccc(OCc2nc3cc(C(F)(F)F)ccc3s2)cc1. The first kappa shape index (κ1) is 25.1. The van der Waals surface area contributed by atoms with Crippen molar-refractivity contribution >= 4 is 43.3 Å². The van der Waals surface area contributed by atoms with Crippen LogP contribution in [0.4, 0.5) is 13.2 Å². The summed E-state index contributed by atoms with van der Waals surface area (Å²) in [5, 5.41) is 10.0. The molecule has 2 heterocycles. The molecule has 186 valence electrons. The first-order chi connectivity index (χ1) is 16.3. The van der Waals surface area contributed by atoms with Gasteiger partial charge in [-0.1, -0.05) is 0 Å². The molecule has 1 saturated heterocycles. The van der Waals surface area contributed by atoms with E-state index in [2.05, 4.69) is 4.98 Å². The number of halogens is 3. The molecule has 1 fully saturated rings. The maximum absolute atomic E-state index is 13.1. The second kappa shape index (κ2) is 8.88. The molecule has 0 aliphatic carbocycles. The highest BCUT2D eigenvalue weighted by molar-refractivity contribution is 7.89. The van der Waals surface area contributed by atoms with Gasteiger partial charge in [-0.05, 0) is 55.8 Å². The van der Waals surface area contributed by atoms with Crippen LogP contribution in [-0.2, 0) is 32.4 Å². The molecular formula is C22H19F3N2O6S2. The number of Topliss-reactive ketones (excluding diaryl/α,β-unsaturated/α-hetero) is 1. The monoisotopic (exact) mass is 528 g/mol. The Hall–Kier alpha value is -3.03. The number of piperidine rings is 1. The maximum atomic E-state index is 13.1. The molecule has 0 spiro atoms. The van der Waals surface area contributed by atoms with Crippen molar-refractivity contribution in [1.29, 1.82) is 0 Å². The molecule has 3 aromatic rings. The zero-order valence-corrected chi connectivity index (χ0v) is 19.8. The van der Waals surface area contributed by atoms with E-state index in [1.54, 1.807) is 0 Å². The average Bonchev–Trinajstić information content (AvgIpc) is 3.21. The van der Waals surface area contributed by atoms with Gasteiger partial charge in [-0.25, -0.2) is 18.2 Å². The molecular weight excluding hydrogens is 509 g/mol. The predicted molar refractivity (Wildman–Crippen MR) is 120 cm³/mol. The number of nitrogens with zero attached hydrogens (tertiary/aromatic N) is 2. The molecule has 1 aromatic heterocycles. The summed E-state index contributed by atoms with van der Waals surface area (Å²) in [5.74, 6) is -1.95. The molecule has 0 radical (unpaired) electrons. The van der Waals surface area contributed by atoms with E-state index in [1.807, 2.05) is 0 Å². The Morgan fingerprint density at radius 1 is 1.23 bits per heavy atom. The van der Waals surface area contributed by atoms with Crippen molar-refractivity contribution in [2.24, 2.45) is 0 Å². The zero-order chi connectivity index (χ0) is 25.6. The highest BCUT2D eigenvalue weighted by Crippen LogP contribution is 2.34. The summed E-state index contributed by atoms with van der Waals surface area (Å²) >= 11 is 1.17. The third kappa shape index (κ3) is 4.62. The molecule has 0 unspecified atom stereocenters. The van der Waals surface area contributed by atoms with Gasteiger partial charge in [0.15, 0.2) is 11.3 Å². The summed E-state index contributed by atoms with van der Waals surface area (Å²) in [5.41, 5.74) is -2.79. The van der Waals surface area contributed by atoms with Gasteiger partial charge >= 0.3 is 12.1 Å². The molecule has 1 N–H and O–H groups in total. The minimum Gasteiger partial charge on any atom is -0.486 e. The Balaban J connectivity index is 1.50. The number of ketones is 1. The predicted octanol–water partition coefficient (Wildman–Crippen LogP) is 4.09. The second-order valence-electron chi connectivity index (χ2n) is 8.03. The number of thiazole rings is 1. The van der Waals surface area contributed by atoms with Gasteiger partial charge in [-0.15, -0.1) is 11.3 Å². The molecule has 0 amide bonds. The van der Waals surface area contributed by atoms with Crippen LogP contribution < -0.4 is 4.74 Å². The van der Waals surface area contributed by atoms with E-state index in [1.165, 1.54) is 41.7 Å². The van der Waals surface area contributed by atoms with Crippen molar-refractivity contribution in [3.8, 4) is 5.75 Å². The Bertz CT molecular complexity index is 1400. The normalized spacial score (nSPS) is 19.7. The lowest BCUT2D eigenvalue weighted by molar-refractivity contribution is -0.155. The lowest BCUT2D eigenvalue weighted by Gasteiger charge is -2.38. The standard InChI is InChI=1S/C22H19F3N2O6S2/c1-21(20(29)30)18(28)3-2-10-27(21)35(31,32)15-7-5-14(6-8-15)33-12-19-26-16-11-13(22(23,24)25)4-9-17(16)34-19/h4-9,11H,2-3,10,12H2,1H3,(H,29,30)/t21-/m1/s1. The molecule has 13 heteroatoms. The van der Waals surface area contributed by atoms with E-state index < -0.39 is 39.1 Å². The minimum absolute atomic E-state index is 0.0229. The summed E-state index contributed by atoms with van der Waals surface area (Å²) in [7, 11) is -4.29. The number of carboxylic acids is 1. The highest BCUT2D eigenvalue weighted by Gasteiger charge is 2.53. The molecule has 1 aliphatic rings. The Labute approximate surface area is 202 Å². The number of hydrogen-bond donors (Lipinski definition) is 1. The van der Waals surface area contributed by atoms with Crippen LogP contribution in [0.3, 0.4) is 0 Å². The van der Waals surface area contributed by atoms with Gasteiger partial charge in [0.2, 0.25) is 10.0 Å². The summed E-state index contributed by atoms with van der Waals surface area (Å²) < 4.78 is 71.8. The Morgan fingerprint density at radius 2 is 1.91 bits per heavy atom. The van der Waals surface area contributed by atoms with Gasteiger partial charge in [-0.2, -0.15) is 17.5 Å². The molecule has 8 nitrogen and oxygen atoms in total. The van der Waals surface area contributed by atoms with Crippen molar-refractivity contribution in [2.45, 2.75) is 43.0 Å². The lowest BCUT2D eigenvalue weighted by atomic mass is 9.89. The molecule has 4 rings (SSSR count). The third-order valence-electron chi connectivity index (χ3n) is 5.76. The van der Waals surface area contributed by atoms with Crippen LogP contribution >= 0.6 is 11.3 Å². The fourth-order valence-corrected chi connectivity index (χ4v) is 6.39. The number of rotatable bonds is 6. The zero-order valence-electron chi connectivity index (χ0n) is 18.2. The van der Waals surface area contributed by atoms with Gasteiger partial charge in [0.1, 0.15) is 17.4 Å². The topological polar surface area (TPSA) is 114 Å². The van der Waals surface area contributed by atoms with Crippen LogP contribution in [0.1, 0.15) is 30.3 Å². The van der Waals surface area contributed by atoms with Crippen LogP contribution in [0.2, 0.25) is 0 Å². The minimum atomic E-state index is -4.47. The largest absolute Gasteiger partial charge is 0.486 e. The number of aromatic nitrogens is 1. The van der Waals surface area contributed by atoms with Gasteiger partial charge in [0.05, 0.1) is 20.7 Å². The van der Waals surface area contributed by atoms with E-state index >= 15 is 0 Å². The number of carbonyl (C=O) groups excluding carboxylic acids is 1. The van der Waals surface area contributed by atoms with Crippen molar-refractivity contribution in [2.75, 3.05) is 6.54 Å². The number of carbonyl (C=O) groups is 2. The fourth-order valence-electron chi connectivity index (χ4n) is 3.77. The summed E-state index contributed by atoms with van der Waals surface area (Å²) in [6, 6.07) is 8.49. The number of fused-ring (bicyclic) bond motifs is 1. The van der Waals surface area contributed by atoms with E-state index in [4.69, 9.17) is 4.74 Å². The highest BCUT2D eigenvalue weighted by atomic mass is 32.2. The van der Waals surface area contributed by atoms with Gasteiger partial charge < -0.3 is 9.84 Å². The van der Waals surface area contributed by atoms with E-state index in [0.717, 1.165) is 19.1 Å². The number of benzene rings is 2. The van der Waals surface area contributed by atoms with E-state index in [-0.39, 0.29) is 42.2 Å². The van der Waals surface area contributed by atoms with Crippen LogP contribution in [0, 0.1) is 0 Å². The first-order valence-corrected chi connectivity index (χ1v) is 12.6. The van der Waals surface area contributed by atoms with Gasteiger partial charge in [0, 0.05) is 13.0 Å². The number of aliphatic carboxylic acids is 1. The molecule has 1 aliphatic heterocycles. The lowest BCUT2D eigenvalue weighted by Crippen LogP contribution is -2.62. The summed E-state index contributed by atoms with van der Waals surface area (Å²) in [6.07, 6.45) is -4.28. The van der Waals surface area contributed by atoms with Crippen LogP contribution in [-0.4, -0.2) is 46.6 Å². The number of hydrogen-bond acceptors (Lipinski definition) is 7. The molecule has 0 bridgehead atoms. The third-order valence-corrected chi connectivity index (χ3v) is 8.76. The van der Waals surface area contributed by atoms with Gasteiger partial charge in [0.25, 0.3) is 0 Å².